The summed E-state index contributed by atoms with van der Waals surface area (Å²) in [6, 6.07) is 8.68. The molecule has 0 amide bonds. The smallest absolute Gasteiger partial charge is 0.203 e. The van der Waals surface area contributed by atoms with Crippen molar-refractivity contribution in [2.45, 2.75) is 13.3 Å². The quantitative estimate of drug-likeness (QED) is 0.644. The highest BCUT2D eigenvalue weighted by molar-refractivity contribution is 6.46. The first-order valence-corrected chi connectivity index (χ1v) is 5.08. The van der Waals surface area contributed by atoms with Crippen LogP contribution in [0.2, 0.25) is 5.02 Å². The zero-order valence-electron chi connectivity index (χ0n) is 8.70. The van der Waals surface area contributed by atoms with Gasteiger partial charge in [-0.25, -0.2) is 0 Å². The van der Waals surface area contributed by atoms with Gasteiger partial charge >= 0.3 is 0 Å². The van der Waals surface area contributed by atoms with Crippen LogP contribution < -0.4 is 5.43 Å². The molecule has 1 aromatic rings. The summed E-state index contributed by atoms with van der Waals surface area (Å²) in [5.41, 5.74) is 3.00. The largest absolute Gasteiger partial charge is 0.292 e. The van der Waals surface area contributed by atoms with Crippen molar-refractivity contribution >= 4 is 28.8 Å². The second-order valence-corrected chi connectivity index (χ2v) is 3.35. The van der Waals surface area contributed by atoms with Crippen molar-refractivity contribution in [3.8, 4) is 6.07 Å². The van der Waals surface area contributed by atoms with E-state index in [0.717, 1.165) is 0 Å². The average molecular weight is 236 g/mol. The number of benzene rings is 1. The first kappa shape index (κ1) is 12.2. The summed E-state index contributed by atoms with van der Waals surface area (Å²) in [5.74, 6) is -0.304. The molecule has 4 nitrogen and oxygen atoms in total. The molecule has 16 heavy (non-hydrogen) atoms. The number of carbonyl (C=O) groups excluding carboxylic acids is 1. The highest BCUT2D eigenvalue weighted by Gasteiger charge is 2.08. The summed E-state index contributed by atoms with van der Waals surface area (Å²) >= 11 is 5.86. The van der Waals surface area contributed by atoms with Crippen molar-refractivity contribution in [2.75, 3.05) is 5.43 Å². The Bertz CT molecular complexity index is 463. The first-order valence-electron chi connectivity index (χ1n) is 4.70. The monoisotopic (exact) mass is 235 g/mol. The molecule has 82 valence electrons. The molecule has 5 heteroatoms. The van der Waals surface area contributed by atoms with Gasteiger partial charge in [0.15, 0.2) is 5.78 Å². The van der Waals surface area contributed by atoms with Crippen LogP contribution in [0.3, 0.4) is 0 Å². The van der Waals surface area contributed by atoms with Gasteiger partial charge in [-0.2, -0.15) is 10.4 Å². The van der Waals surface area contributed by atoms with Gasteiger partial charge in [-0.3, -0.25) is 10.2 Å². The Hall–Kier alpha value is -1.86. The van der Waals surface area contributed by atoms with E-state index < -0.39 is 0 Å². The second-order valence-electron chi connectivity index (χ2n) is 2.94. The Balaban J connectivity index is 2.84. The number of ketones is 1. The van der Waals surface area contributed by atoms with Crippen LogP contribution in [0.15, 0.2) is 29.4 Å². The van der Waals surface area contributed by atoms with E-state index in [1.54, 1.807) is 37.3 Å². The van der Waals surface area contributed by atoms with E-state index in [0.29, 0.717) is 10.7 Å². The van der Waals surface area contributed by atoms with Crippen LogP contribution in [0.1, 0.15) is 13.3 Å². The minimum atomic E-state index is -0.304. The first-order chi connectivity index (χ1) is 7.69. The number of para-hydroxylation sites is 1. The highest BCUT2D eigenvalue weighted by atomic mass is 35.5. The van der Waals surface area contributed by atoms with E-state index in [-0.39, 0.29) is 17.9 Å². The average Bonchev–Trinajstić information content (AvgIpc) is 2.31. The number of nitrogens with zero attached hydrogens (tertiary/aromatic N) is 2. The molecule has 0 saturated carbocycles. The second kappa shape index (κ2) is 5.89. The molecule has 1 rings (SSSR count). The fourth-order valence-corrected chi connectivity index (χ4v) is 1.16. The standard InChI is InChI=1S/C11H10ClN3O/c1-2-11(16)10(7-13)15-14-9-6-4-3-5-8(9)12/h3-6,14H,2H2,1H3/b15-10+. The van der Waals surface area contributed by atoms with Gasteiger partial charge in [-0.15, -0.1) is 0 Å². The van der Waals surface area contributed by atoms with E-state index in [4.69, 9.17) is 16.9 Å². The maximum Gasteiger partial charge on any atom is 0.203 e. The fourth-order valence-electron chi connectivity index (χ4n) is 0.985. The van der Waals surface area contributed by atoms with Crippen LogP contribution in [-0.4, -0.2) is 11.5 Å². The Morgan fingerprint density at radius 1 is 1.56 bits per heavy atom. The SMILES string of the molecule is CCC(=O)/C(C#N)=N/Nc1ccccc1Cl. The molecule has 0 heterocycles. The third-order valence-corrected chi connectivity index (χ3v) is 2.18. The maximum atomic E-state index is 11.2. The van der Waals surface area contributed by atoms with E-state index in [9.17, 15) is 4.79 Å². The molecule has 0 atom stereocenters. The third kappa shape index (κ3) is 3.07. The minimum Gasteiger partial charge on any atom is -0.292 e. The van der Waals surface area contributed by atoms with Gasteiger partial charge in [0.05, 0.1) is 10.7 Å². The number of nitrogens with one attached hydrogen (secondary N) is 1. The van der Waals surface area contributed by atoms with Crippen molar-refractivity contribution in [3.05, 3.63) is 29.3 Å². The van der Waals surface area contributed by atoms with Crippen molar-refractivity contribution < 1.29 is 4.79 Å². The van der Waals surface area contributed by atoms with Crippen LogP contribution in [0.5, 0.6) is 0 Å². The topological polar surface area (TPSA) is 65.2 Å². The zero-order valence-corrected chi connectivity index (χ0v) is 9.45. The lowest BCUT2D eigenvalue weighted by Crippen LogP contribution is -2.12. The lowest BCUT2D eigenvalue weighted by molar-refractivity contribution is -0.112. The van der Waals surface area contributed by atoms with E-state index in [1.807, 2.05) is 0 Å². The van der Waals surface area contributed by atoms with Crippen LogP contribution in [-0.2, 0) is 4.79 Å². The lowest BCUT2D eigenvalue weighted by atomic mass is 10.2. The molecule has 0 spiro atoms. The zero-order chi connectivity index (χ0) is 12.0. The number of hydrogen-bond acceptors (Lipinski definition) is 4. The van der Waals surface area contributed by atoms with Gasteiger partial charge in [0.2, 0.25) is 5.71 Å². The van der Waals surface area contributed by atoms with Crippen molar-refractivity contribution in [2.24, 2.45) is 5.10 Å². The molecule has 0 aliphatic rings. The predicted octanol–water partition coefficient (Wildman–Crippen LogP) is 2.61. The van der Waals surface area contributed by atoms with E-state index >= 15 is 0 Å². The number of rotatable bonds is 4. The Morgan fingerprint density at radius 3 is 2.81 bits per heavy atom. The summed E-state index contributed by atoms with van der Waals surface area (Å²) in [5, 5.41) is 12.9. The van der Waals surface area contributed by atoms with E-state index in [1.165, 1.54) is 0 Å². The van der Waals surface area contributed by atoms with E-state index in [2.05, 4.69) is 10.5 Å². The predicted molar refractivity (Wildman–Crippen MR) is 63.4 cm³/mol. The molecule has 0 saturated heterocycles. The third-order valence-electron chi connectivity index (χ3n) is 1.85. The van der Waals surface area contributed by atoms with Crippen molar-refractivity contribution in [1.29, 1.82) is 5.26 Å². The summed E-state index contributed by atoms with van der Waals surface area (Å²) in [7, 11) is 0. The molecule has 0 aliphatic carbocycles. The van der Waals surface area contributed by atoms with Crippen LogP contribution in [0.25, 0.3) is 0 Å². The number of carbonyl (C=O) groups is 1. The minimum absolute atomic E-state index is 0.151. The Morgan fingerprint density at radius 2 is 2.25 bits per heavy atom. The Kier molecular flexibility index (Phi) is 4.49. The highest BCUT2D eigenvalue weighted by Crippen LogP contribution is 2.20. The number of hydrogen-bond donors (Lipinski definition) is 1. The molecule has 0 unspecified atom stereocenters. The summed E-state index contributed by atoms with van der Waals surface area (Å²) < 4.78 is 0. The number of halogens is 1. The number of anilines is 1. The molecule has 0 radical (unpaired) electrons. The summed E-state index contributed by atoms with van der Waals surface area (Å²) in [4.78, 5) is 11.2. The van der Waals surface area contributed by atoms with Crippen LogP contribution in [0.4, 0.5) is 5.69 Å². The Labute approximate surface area is 98.5 Å². The van der Waals surface area contributed by atoms with Gasteiger partial charge < -0.3 is 0 Å². The van der Waals surface area contributed by atoms with Gasteiger partial charge in [0, 0.05) is 6.42 Å². The molecule has 1 aromatic carbocycles. The molecule has 1 N–H and O–H groups in total. The van der Waals surface area contributed by atoms with Gasteiger partial charge in [0.1, 0.15) is 6.07 Å². The number of nitriles is 1. The normalized spacial score (nSPS) is 10.7. The fraction of sp³-hybridized carbons (Fsp3) is 0.182. The number of Topliss-reactive ketones (excluding diaryl/α,β-unsaturated/α-hetero) is 1. The maximum absolute atomic E-state index is 11.2. The van der Waals surface area contributed by atoms with Gasteiger partial charge in [-0.05, 0) is 12.1 Å². The molecular formula is C11H10ClN3O. The van der Waals surface area contributed by atoms with Crippen LogP contribution in [0, 0.1) is 11.3 Å². The lowest BCUT2D eigenvalue weighted by Gasteiger charge is -2.02. The molecule has 0 aromatic heterocycles. The molecule has 0 aliphatic heterocycles. The van der Waals surface area contributed by atoms with Crippen LogP contribution >= 0.6 is 11.6 Å². The summed E-state index contributed by atoms with van der Waals surface area (Å²) in [6.45, 7) is 1.67. The molecular weight excluding hydrogens is 226 g/mol. The molecule has 0 fully saturated rings. The van der Waals surface area contributed by atoms with Gasteiger partial charge in [0.25, 0.3) is 0 Å². The molecule has 0 bridgehead atoms. The number of hydrazone groups is 1. The van der Waals surface area contributed by atoms with Crippen molar-refractivity contribution in [1.82, 2.24) is 0 Å². The van der Waals surface area contributed by atoms with Gasteiger partial charge in [-0.1, -0.05) is 30.7 Å². The van der Waals surface area contributed by atoms with Crippen molar-refractivity contribution in [3.63, 3.8) is 0 Å². The summed E-state index contributed by atoms with van der Waals surface area (Å²) in [6.07, 6.45) is 0.247.